The molecule has 0 radical (unpaired) electrons. The Morgan fingerprint density at radius 3 is 1.39 bits per heavy atom. The van der Waals surface area contributed by atoms with E-state index in [1.54, 1.807) is 36.4 Å². The molecule has 5 aromatic carbocycles. The first-order chi connectivity index (χ1) is 22.5. The maximum Gasteiger partial charge on any atom is 0.363 e. The number of rotatable bonds is 8. The summed E-state index contributed by atoms with van der Waals surface area (Å²) in [5.41, 5.74) is 3.02. The van der Waals surface area contributed by atoms with E-state index in [0.717, 1.165) is 32.7 Å². The Balaban J connectivity index is 1.18. The van der Waals surface area contributed by atoms with Crippen molar-refractivity contribution < 1.29 is 28.5 Å². The van der Waals surface area contributed by atoms with Crippen molar-refractivity contribution in [3.05, 3.63) is 131 Å². The van der Waals surface area contributed by atoms with E-state index in [2.05, 4.69) is 9.98 Å². The number of hydrogen-bond donors (Lipinski definition) is 0. The lowest BCUT2D eigenvalue weighted by Gasteiger charge is -2.10. The number of carbonyl (C=O) groups excluding carboxylic acids is 2. The molecular formula is C38H28N2O6. The van der Waals surface area contributed by atoms with Crippen molar-refractivity contribution in [2.75, 3.05) is 13.2 Å². The second kappa shape index (κ2) is 12.2. The van der Waals surface area contributed by atoms with Crippen LogP contribution in [0, 0.1) is 0 Å². The molecule has 0 aliphatic carbocycles. The number of nitrogens with zero attached hydrogens (tertiary/aromatic N) is 2. The van der Waals surface area contributed by atoms with E-state index in [0.29, 0.717) is 35.8 Å². The van der Waals surface area contributed by atoms with Gasteiger partial charge in [-0.05, 0) is 83.9 Å². The molecule has 2 aliphatic rings. The van der Waals surface area contributed by atoms with Crippen LogP contribution in [0.5, 0.6) is 11.5 Å². The SMILES string of the molecule is CCOc1ccc2ccccc2c1C=C1N=C(c2ccc(C3=NC(=Cc4c(OCC)ccc5ccccc45)C(=O)O3)cc2)OC1=O. The van der Waals surface area contributed by atoms with Crippen molar-refractivity contribution >= 4 is 57.4 Å². The van der Waals surface area contributed by atoms with Crippen molar-refractivity contribution in [1.82, 2.24) is 0 Å². The van der Waals surface area contributed by atoms with Crippen LogP contribution < -0.4 is 9.47 Å². The Bertz CT molecular complexity index is 2000. The first kappa shape index (κ1) is 28.7. The fraction of sp³-hybridized carbons (Fsp3) is 0.105. The monoisotopic (exact) mass is 608 g/mol. The van der Waals surface area contributed by atoms with Crippen LogP contribution in [0.25, 0.3) is 33.7 Å². The third kappa shape index (κ3) is 5.41. The molecule has 46 heavy (non-hydrogen) atoms. The normalized spacial score (nSPS) is 16.1. The first-order valence-corrected chi connectivity index (χ1v) is 15.0. The molecule has 2 heterocycles. The van der Waals surface area contributed by atoms with Gasteiger partial charge in [0.05, 0.1) is 13.2 Å². The molecule has 7 rings (SSSR count). The number of fused-ring (bicyclic) bond motifs is 2. The van der Waals surface area contributed by atoms with Gasteiger partial charge in [0.15, 0.2) is 11.4 Å². The summed E-state index contributed by atoms with van der Waals surface area (Å²) in [5, 5.41) is 3.92. The molecule has 0 bridgehead atoms. The van der Waals surface area contributed by atoms with Crippen LogP contribution in [0.1, 0.15) is 36.1 Å². The topological polar surface area (TPSA) is 95.8 Å². The van der Waals surface area contributed by atoms with E-state index in [1.165, 1.54) is 0 Å². The molecule has 0 atom stereocenters. The average molecular weight is 609 g/mol. The number of ether oxygens (including phenoxy) is 4. The zero-order valence-electron chi connectivity index (χ0n) is 25.2. The minimum Gasteiger partial charge on any atom is -0.493 e. The zero-order chi connectivity index (χ0) is 31.6. The highest BCUT2D eigenvalue weighted by molar-refractivity contribution is 6.15. The summed E-state index contributed by atoms with van der Waals surface area (Å²) in [5.74, 6) is 0.544. The third-order valence-electron chi connectivity index (χ3n) is 7.64. The molecule has 0 spiro atoms. The molecule has 2 aliphatic heterocycles. The Kier molecular flexibility index (Phi) is 7.60. The van der Waals surface area contributed by atoms with Gasteiger partial charge in [-0.1, -0.05) is 60.7 Å². The highest BCUT2D eigenvalue weighted by Gasteiger charge is 2.27. The molecule has 226 valence electrons. The van der Waals surface area contributed by atoms with Gasteiger partial charge in [-0.3, -0.25) is 0 Å². The van der Waals surface area contributed by atoms with E-state index < -0.39 is 11.9 Å². The van der Waals surface area contributed by atoms with Crippen molar-refractivity contribution in [3.8, 4) is 11.5 Å². The number of aliphatic imine (C=N–C) groups is 2. The summed E-state index contributed by atoms with van der Waals surface area (Å²) >= 11 is 0. The van der Waals surface area contributed by atoms with Gasteiger partial charge in [0.25, 0.3) is 0 Å². The fourth-order valence-electron chi connectivity index (χ4n) is 5.51. The van der Waals surface area contributed by atoms with Gasteiger partial charge in [0.1, 0.15) is 11.5 Å². The molecule has 0 N–H and O–H groups in total. The summed E-state index contributed by atoms with van der Waals surface area (Å²) in [4.78, 5) is 34.8. The van der Waals surface area contributed by atoms with Crippen molar-refractivity contribution in [2.45, 2.75) is 13.8 Å². The minimum atomic E-state index is -0.557. The third-order valence-corrected chi connectivity index (χ3v) is 7.64. The van der Waals surface area contributed by atoms with E-state index in [-0.39, 0.29) is 23.2 Å². The van der Waals surface area contributed by atoms with Crippen molar-refractivity contribution in [1.29, 1.82) is 0 Å². The number of hydrogen-bond acceptors (Lipinski definition) is 8. The zero-order valence-corrected chi connectivity index (χ0v) is 25.2. The Morgan fingerprint density at radius 1 is 0.565 bits per heavy atom. The average Bonchev–Trinajstić information content (AvgIpc) is 3.64. The predicted molar refractivity (Wildman–Crippen MR) is 178 cm³/mol. The summed E-state index contributed by atoms with van der Waals surface area (Å²) in [6.07, 6.45) is 3.40. The molecule has 0 saturated carbocycles. The Morgan fingerprint density at radius 2 is 0.978 bits per heavy atom. The van der Waals surface area contributed by atoms with Crippen LogP contribution >= 0.6 is 0 Å². The number of esters is 2. The van der Waals surface area contributed by atoms with Crippen LogP contribution in [0.3, 0.4) is 0 Å². The lowest BCUT2D eigenvalue weighted by molar-refractivity contribution is -0.130. The van der Waals surface area contributed by atoms with E-state index in [4.69, 9.17) is 18.9 Å². The molecule has 0 amide bonds. The summed E-state index contributed by atoms with van der Waals surface area (Å²) in [6, 6.07) is 30.5. The molecule has 8 heteroatoms. The second-order valence-electron chi connectivity index (χ2n) is 10.5. The van der Waals surface area contributed by atoms with E-state index >= 15 is 0 Å². The molecule has 0 aromatic heterocycles. The second-order valence-corrected chi connectivity index (χ2v) is 10.5. The summed E-state index contributed by atoms with van der Waals surface area (Å²) < 4.78 is 22.8. The summed E-state index contributed by atoms with van der Waals surface area (Å²) in [6.45, 7) is 4.78. The van der Waals surface area contributed by atoms with Crippen LogP contribution in [-0.2, 0) is 19.1 Å². The smallest absolute Gasteiger partial charge is 0.363 e. The first-order valence-electron chi connectivity index (χ1n) is 15.0. The number of cyclic esters (lactones) is 2. The van der Waals surface area contributed by atoms with Crippen LogP contribution in [0.4, 0.5) is 0 Å². The van der Waals surface area contributed by atoms with Gasteiger partial charge >= 0.3 is 11.9 Å². The van der Waals surface area contributed by atoms with Gasteiger partial charge in [0, 0.05) is 22.3 Å². The highest BCUT2D eigenvalue weighted by Crippen LogP contribution is 2.33. The Labute approximate surface area is 264 Å². The molecule has 0 fully saturated rings. The molecule has 8 nitrogen and oxygen atoms in total. The quantitative estimate of drug-likeness (QED) is 0.134. The number of benzene rings is 5. The standard InChI is InChI=1S/C38H28N2O6/c1-3-43-33-19-17-23-9-5-7-11-27(23)29(33)21-31-37(41)45-35(39-31)25-13-15-26(16-14-25)36-40-32(38(42)46-36)22-30-28-12-8-6-10-24(28)18-20-34(30)44-4-2/h5-22H,3-4H2,1-2H3. The fourth-order valence-corrected chi connectivity index (χ4v) is 5.51. The van der Waals surface area contributed by atoms with Crippen LogP contribution in [0.15, 0.2) is 118 Å². The van der Waals surface area contributed by atoms with Gasteiger partial charge < -0.3 is 18.9 Å². The van der Waals surface area contributed by atoms with Gasteiger partial charge in [-0.15, -0.1) is 0 Å². The molecule has 0 saturated heterocycles. The molecule has 0 unspecified atom stereocenters. The lowest BCUT2D eigenvalue weighted by Crippen LogP contribution is -2.08. The minimum absolute atomic E-state index is 0.167. The lowest BCUT2D eigenvalue weighted by atomic mass is 10.0. The van der Waals surface area contributed by atoms with Gasteiger partial charge in [0.2, 0.25) is 11.8 Å². The van der Waals surface area contributed by atoms with Crippen LogP contribution in [-0.4, -0.2) is 36.9 Å². The van der Waals surface area contributed by atoms with E-state index in [1.807, 2.05) is 86.6 Å². The van der Waals surface area contributed by atoms with Gasteiger partial charge in [-0.2, -0.15) is 0 Å². The Hall–Kier alpha value is -6.02. The highest BCUT2D eigenvalue weighted by atomic mass is 16.6. The van der Waals surface area contributed by atoms with E-state index in [9.17, 15) is 9.59 Å². The maximum absolute atomic E-state index is 12.9. The van der Waals surface area contributed by atoms with Gasteiger partial charge in [-0.25, -0.2) is 19.6 Å². The maximum atomic E-state index is 12.9. The summed E-state index contributed by atoms with van der Waals surface area (Å²) in [7, 11) is 0. The largest absolute Gasteiger partial charge is 0.493 e. The van der Waals surface area contributed by atoms with Crippen molar-refractivity contribution in [2.24, 2.45) is 9.98 Å². The van der Waals surface area contributed by atoms with Crippen molar-refractivity contribution in [3.63, 3.8) is 0 Å². The molecule has 5 aromatic rings. The molecular weight excluding hydrogens is 580 g/mol. The number of carbonyl (C=O) groups is 2. The van der Waals surface area contributed by atoms with Crippen LogP contribution in [0.2, 0.25) is 0 Å². The predicted octanol–water partition coefficient (Wildman–Crippen LogP) is 7.48.